The molecule has 1 amide bonds. The lowest BCUT2D eigenvalue weighted by molar-refractivity contribution is -0.129. The molecule has 1 N–H and O–H groups in total. The standard InChI is InChI=1S/C11H17N3O/c1-8(9-12-6-5-7-13-9)14-10(15)11(2,3)4/h5-8H,1-4H3,(H,14,15). The van der Waals surface area contributed by atoms with E-state index >= 15 is 0 Å². The zero-order valence-electron chi connectivity index (χ0n) is 9.61. The second-order valence-electron chi connectivity index (χ2n) is 4.55. The highest BCUT2D eigenvalue weighted by molar-refractivity contribution is 5.81. The van der Waals surface area contributed by atoms with E-state index in [1.165, 1.54) is 0 Å². The van der Waals surface area contributed by atoms with Gasteiger partial charge in [-0.25, -0.2) is 9.97 Å². The number of amides is 1. The molecule has 15 heavy (non-hydrogen) atoms. The molecule has 1 aromatic rings. The van der Waals surface area contributed by atoms with Gasteiger partial charge in [0.2, 0.25) is 5.91 Å². The van der Waals surface area contributed by atoms with Crippen molar-refractivity contribution in [1.29, 1.82) is 0 Å². The summed E-state index contributed by atoms with van der Waals surface area (Å²) in [6.45, 7) is 7.50. The van der Waals surface area contributed by atoms with Gasteiger partial charge in [0.05, 0.1) is 6.04 Å². The predicted molar refractivity (Wildman–Crippen MR) is 58.0 cm³/mol. The van der Waals surface area contributed by atoms with Crippen LogP contribution in [-0.2, 0) is 4.79 Å². The van der Waals surface area contributed by atoms with Gasteiger partial charge in [-0.15, -0.1) is 0 Å². The van der Waals surface area contributed by atoms with Crippen molar-refractivity contribution < 1.29 is 4.79 Å². The minimum Gasteiger partial charge on any atom is -0.346 e. The fourth-order valence-corrected chi connectivity index (χ4v) is 1.01. The Bertz CT molecular complexity index is 329. The highest BCUT2D eigenvalue weighted by atomic mass is 16.2. The first kappa shape index (κ1) is 11.6. The maximum Gasteiger partial charge on any atom is 0.225 e. The summed E-state index contributed by atoms with van der Waals surface area (Å²) in [5, 5.41) is 2.87. The van der Waals surface area contributed by atoms with Crippen LogP contribution in [0.15, 0.2) is 18.5 Å². The molecule has 0 bridgehead atoms. The molecule has 0 saturated heterocycles. The minimum atomic E-state index is -0.386. The fourth-order valence-electron chi connectivity index (χ4n) is 1.01. The van der Waals surface area contributed by atoms with Crippen molar-refractivity contribution in [2.75, 3.05) is 0 Å². The molecule has 1 atom stereocenters. The number of nitrogens with zero attached hydrogens (tertiary/aromatic N) is 2. The van der Waals surface area contributed by atoms with Crippen LogP contribution in [0.1, 0.15) is 39.6 Å². The molecular weight excluding hydrogens is 190 g/mol. The highest BCUT2D eigenvalue weighted by Gasteiger charge is 2.23. The molecule has 0 aliphatic rings. The van der Waals surface area contributed by atoms with Gasteiger partial charge in [0.1, 0.15) is 5.82 Å². The predicted octanol–water partition coefficient (Wildman–Crippen LogP) is 1.70. The fraction of sp³-hybridized carbons (Fsp3) is 0.545. The number of hydrogen-bond donors (Lipinski definition) is 1. The summed E-state index contributed by atoms with van der Waals surface area (Å²) in [6, 6.07) is 1.60. The molecule has 0 saturated carbocycles. The van der Waals surface area contributed by atoms with Crippen molar-refractivity contribution in [1.82, 2.24) is 15.3 Å². The van der Waals surface area contributed by atoms with E-state index in [1.807, 2.05) is 27.7 Å². The summed E-state index contributed by atoms with van der Waals surface area (Å²) >= 11 is 0. The zero-order chi connectivity index (χ0) is 11.5. The quantitative estimate of drug-likeness (QED) is 0.803. The van der Waals surface area contributed by atoms with E-state index in [1.54, 1.807) is 18.5 Å². The molecule has 1 aromatic heterocycles. The topological polar surface area (TPSA) is 54.9 Å². The lowest BCUT2D eigenvalue weighted by Gasteiger charge is -2.20. The third kappa shape index (κ3) is 3.31. The van der Waals surface area contributed by atoms with Gasteiger partial charge in [0.15, 0.2) is 0 Å². The Morgan fingerprint density at radius 3 is 2.33 bits per heavy atom. The van der Waals surface area contributed by atoms with Gasteiger partial charge in [-0.1, -0.05) is 20.8 Å². The number of carbonyl (C=O) groups excluding carboxylic acids is 1. The van der Waals surface area contributed by atoms with E-state index in [2.05, 4.69) is 15.3 Å². The maximum atomic E-state index is 11.7. The van der Waals surface area contributed by atoms with Crippen molar-refractivity contribution in [3.05, 3.63) is 24.3 Å². The summed E-state index contributed by atoms with van der Waals surface area (Å²) in [5.74, 6) is 0.637. The van der Waals surface area contributed by atoms with Gasteiger partial charge < -0.3 is 5.32 Å². The van der Waals surface area contributed by atoms with Crippen molar-refractivity contribution in [3.8, 4) is 0 Å². The van der Waals surface area contributed by atoms with Crippen molar-refractivity contribution in [2.24, 2.45) is 5.41 Å². The first-order chi connectivity index (χ1) is 6.91. The monoisotopic (exact) mass is 207 g/mol. The summed E-state index contributed by atoms with van der Waals surface area (Å²) in [4.78, 5) is 19.9. The molecule has 0 spiro atoms. The molecule has 0 aliphatic heterocycles. The smallest absolute Gasteiger partial charge is 0.225 e. The number of carbonyl (C=O) groups is 1. The van der Waals surface area contributed by atoms with E-state index in [4.69, 9.17) is 0 Å². The first-order valence-electron chi connectivity index (χ1n) is 4.99. The number of hydrogen-bond acceptors (Lipinski definition) is 3. The maximum absolute atomic E-state index is 11.7. The summed E-state index contributed by atoms with van der Waals surface area (Å²) in [5.41, 5.74) is -0.386. The van der Waals surface area contributed by atoms with Gasteiger partial charge in [-0.3, -0.25) is 4.79 Å². The number of nitrogens with one attached hydrogen (secondary N) is 1. The highest BCUT2D eigenvalue weighted by Crippen LogP contribution is 2.15. The van der Waals surface area contributed by atoms with Crippen molar-refractivity contribution in [2.45, 2.75) is 33.7 Å². The molecule has 0 aliphatic carbocycles. The Morgan fingerprint density at radius 1 is 1.33 bits per heavy atom. The minimum absolute atomic E-state index is 0.00227. The molecule has 0 fully saturated rings. The summed E-state index contributed by atoms with van der Waals surface area (Å²) in [6.07, 6.45) is 3.34. The molecule has 4 heteroatoms. The Hall–Kier alpha value is -1.45. The van der Waals surface area contributed by atoms with Gasteiger partial charge >= 0.3 is 0 Å². The molecule has 1 unspecified atom stereocenters. The van der Waals surface area contributed by atoms with Crippen LogP contribution in [0.3, 0.4) is 0 Å². The largest absolute Gasteiger partial charge is 0.346 e. The lowest BCUT2D eigenvalue weighted by atomic mass is 9.95. The van der Waals surface area contributed by atoms with Crippen LogP contribution in [0.25, 0.3) is 0 Å². The van der Waals surface area contributed by atoms with Crippen molar-refractivity contribution >= 4 is 5.91 Å². The normalized spacial score (nSPS) is 13.3. The average Bonchev–Trinajstić information content (AvgIpc) is 2.17. The lowest BCUT2D eigenvalue weighted by Crippen LogP contribution is -2.36. The van der Waals surface area contributed by atoms with E-state index < -0.39 is 0 Å². The SMILES string of the molecule is CC(NC(=O)C(C)(C)C)c1ncccn1. The Kier molecular flexibility index (Phi) is 3.39. The van der Waals surface area contributed by atoms with Crippen LogP contribution in [0.5, 0.6) is 0 Å². The van der Waals surface area contributed by atoms with E-state index in [-0.39, 0.29) is 17.4 Å². The van der Waals surface area contributed by atoms with Crippen LogP contribution in [0, 0.1) is 5.41 Å². The van der Waals surface area contributed by atoms with E-state index in [0.717, 1.165) is 0 Å². The van der Waals surface area contributed by atoms with E-state index in [9.17, 15) is 4.79 Å². The van der Waals surface area contributed by atoms with Crippen LogP contribution in [-0.4, -0.2) is 15.9 Å². The molecule has 0 aromatic carbocycles. The first-order valence-corrected chi connectivity index (χ1v) is 4.99. The molecule has 1 rings (SSSR count). The molecule has 1 heterocycles. The molecule has 0 radical (unpaired) electrons. The van der Waals surface area contributed by atoms with Crippen LogP contribution < -0.4 is 5.32 Å². The van der Waals surface area contributed by atoms with Gasteiger partial charge in [0.25, 0.3) is 0 Å². The second-order valence-corrected chi connectivity index (χ2v) is 4.55. The average molecular weight is 207 g/mol. The van der Waals surface area contributed by atoms with Gasteiger partial charge in [0, 0.05) is 17.8 Å². The van der Waals surface area contributed by atoms with E-state index in [0.29, 0.717) is 5.82 Å². The Morgan fingerprint density at radius 2 is 1.87 bits per heavy atom. The van der Waals surface area contributed by atoms with Gasteiger partial charge in [-0.05, 0) is 13.0 Å². The summed E-state index contributed by atoms with van der Waals surface area (Å²) in [7, 11) is 0. The third-order valence-electron chi connectivity index (χ3n) is 2.00. The number of aromatic nitrogens is 2. The van der Waals surface area contributed by atoms with Crippen LogP contribution >= 0.6 is 0 Å². The summed E-state index contributed by atoms with van der Waals surface area (Å²) < 4.78 is 0. The Labute approximate surface area is 90.1 Å². The Balaban J connectivity index is 2.65. The van der Waals surface area contributed by atoms with Gasteiger partial charge in [-0.2, -0.15) is 0 Å². The third-order valence-corrected chi connectivity index (χ3v) is 2.00. The molecule has 82 valence electrons. The van der Waals surface area contributed by atoms with Crippen LogP contribution in [0.4, 0.5) is 0 Å². The molecular formula is C11H17N3O. The zero-order valence-corrected chi connectivity index (χ0v) is 9.61. The van der Waals surface area contributed by atoms with Crippen LogP contribution in [0.2, 0.25) is 0 Å². The molecule has 4 nitrogen and oxygen atoms in total. The second kappa shape index (κ2) is 4.38. The number of rotatable bonds is 2. The van der Waals surface area contributed by atoms with Crippen molar-refractivity contribution in [3.63, 3.8) is 0 Å².